The minimum Gasteiger partial charge on any atom is -0.293 e. The molecule has 148 valence electrons. The lowest BCUT2D eigenvalue weighted by atomic mass is 9.95. The maximum absolute atomic E-state index is 11.5. The number of ketones is 1. The smallest absolute Gasteiger partial charge is 0.179 e. The first-order valence-electron chi connectivity index (χ1n) is 7.97. The summed E-state index contributed by atoms with van der Waals surface area (Å²) in [4.78, 5) is 23.4. The van der Waals surface area contributed by atoms with Gasteiger partial charge in [0, 0.05) is 6.42 Å². The average Bonchev–Trinajstić information content (AvgIpc) is 2.70. The standard InChI is InChI=1S/C10H4Cl2N2O.C9H2Cl3N3/c11-8-2-1-5-3-7(15)6(4-13)9(12)10(5)14-8;10-6-2-1-5-8(15-6)7(11)4(3-13)9(12)14-5/h1-2H,3H2;1-2H. The Bertz CT molecular complexity index is 1320. The lowest BCUT2D eigenvalue weighted by molar-refractivity contribution is -0.114. The van der Waals surface area contributed by atoms with Crippen molar-refractivity contribution in [3.8, 4) is 12.1 Å². The molecule has 0 radical (unpaired) electrons. The average molecular weight is 498 g/mol. The molecule has 0 aliphatic heterocycles. The van der Waals surface area contributed by atoms with Gasteiger partial charge in [0.05, 0.1) is 21.3 Å². The molecule has 6 nitrogen and oxygen atoms in total. The Balaban J connectivity index is 0.000000171. The Kier molecular flexibility index (Phi) is 6.77. The summed E-state index contributed by atoms with van der Waals surface area (Å²) < 4.78 is 0. The van der Waals surface area contributed by atoms with E-state index >= 15 is 0 Å². The number of carbonyl (C=O) groups excluding carboxylic acids is 1. The van der Waals surface area contributed by atoms with Gasteiger partial charge in [0.25, 0.3) is 0 Å². The van der Waals surface area contributed by atoms with Gasteiger partial charge < -0.3 is 0 Å². The van der Waals surface area contributed by atoms with E-state index in [4.69, 9.17) is 68.5 Å². The molecule has 0 unspecified atom stereocenters. The second-order valence-electron chi connectivity index (χ2n) is 5.75. The topological polar surface area (TPSA) is 103 Å². The van der Waals surface area contributed by atoms with Gasteiger partial charge in [0.2, 0.25) is 0 Å². The van der Waals surface area contributed by atoms with Crippen molar-refractivity contribution in [3.63, 3.8) is 0 Å². The number of pyridine rings is 3. The minimum atomic E-state index is -0.279. The summed E-state index contributed by atoms with van der Waals surface area (Å²) in [5.41, 5.74) is 2.09. The predicted molar refractivity (Wildman–Crippen MR) is 116 cm³/mol. The number of carbonyl (C=O) groups is 1. The molecular weight excluding hydrogens is 492 g/mol. The summed E-state index contributed by atoms with van der Waals surface area (Å²) in [6.45, 7) is 0. The summed E-state index contributed by atoms with van der Waals surface area (Å²) in [6.07, 6.45) is 0.151. The van der Waals surface area contributed by atoms with Gasteiger partial charge in [0.1, 0.15) is 44.3 Å². The maximum Gasteiger partial charge on any atom is 0.179 e. The number of aromatic nitrogens is 3. The Morgan fingerprint density at radius 1 is 0.867 bits per heavy atom. The fourth-order valence-electron chi connectivity index (χ4n) is 2.56. The molecule has 3 heterocycles. The van der Waals surface area contributed by atoms with Crippen LogP contribution in [0.4, 0.5) is 0 Å². The maximum atomic E-state index is 11.5. The lowest BCUT2D eigenvalue weighted by Gasteiger charge is -2.13. The van der Waals surface area contributed by atoms with E-state index in [0.29, 0.717) is 27.4 Å². The van der Waals surface area contributed by atoms with Crippen molar-refractivity contribution in [2.24, 2.45) is 0 Å². The van der Waals surface area contributed by atoms with Crippen molar-refractivity contribution in [1.82, 2.24) is 15.0 Å². The van der Waals surface area contributed by atoms with Crippen LogP contribution in [-0.2, 0) is 11.2 Å². The third-order valence-electron chi connectivity index (χ3n) is 3.92. The van der Waals surface area contributed by atoms with Gasteiger partial charge in [-0.25, -0.2) is 15.0 Å². The van der Waals surface area contributed by atoms with E-state index in [0.717, 1.165) is 0 Å². The van der Waals surface area contributed by atoms with Crippen molar-refractivity contribution in [2.75, 3.05) is 0 Å². The Morgan fingerprint density at radius 2 is 1.53 bits per heavy atom. The number of rotatable bonds is 0. The van der Waals surface area contributed by atoms with Crippen LogP contribution in [-0.4, -0.2) is 20.7 Å². The van der Waals surface area contributed by atoms with Gasteiger partial charge in [0.15, 0.2) is 5.78 Å². The Morgan fingerprint density at radius 3 is 2.20 bits per heavy atom. The number of nitriles is 2. The molecule has 3 aromatic heterocycles. The molecule has 0 fully saturated rings. The zero-order valence-corrected chi connectivity index (χ0v) is 18.3. The molecule has 1 aliphatic carbocycles. The van der Waals surface area contributed by atoms with Crippen LogP contribution in [0.1, 0.15) is 16.8 Å². The third-order valence-corrected chi connectivity index (χ3v) is 5.35. The molecule has 0 N–H and O–H groups in total. The summed E-state index contributed by atoms with van der Waals surface area (Å²) in [5.74, 6) is -0.279. The normalized spacial score (nSPS) is 12.6. The molecule has 3 aromatic rings. The van der Waals surface area contributed by atoms with Crippen LogP contribution in [0.25, 0.3) is 16.1 Å². The van der Waals surface area contributed by atoms with Crippen molar-refractivity contribution < 1.29 is 4.79 Å². The van der Waals surface area contributed by atoms with E-state index in [2.05, 4.69) is 15.0 Å². The van der Waals surface area contributed by atoms with E-state index in [1.54, 1.807) is 30.3 Å². The highest BCUT2D eigenvalue weighted by Crippen LogP contribution is 2.32. The molecule has 0 saturated carbocycles. The number of allylic oxidation sites excluding steroid dienone is 1. The molecule has 0 spiro atoms. The highest BCUT2D eigenvalue weighted by molar-refractivity contribution is 6.52. The molecule has 30 heavy (non-hydrogen) atoms. The van der Waals surface area contributed by atoms with Crippen LogP contribution >= 0.6 is 58.0 Å². The molecule has 0 bridgehead atoms. The molecule has 0 amide bonds. The van der Waals surface area contributed by atoms with Gasteiger partial charge in [-0.3, -0.25) is 4.79 Å². The second kappa shape index (κ2) is 9.14. The van der Waals surface area contributed by atoms with Gasteiger partial charge in [-0.1, -0.05) is 64.1 Å². The Hall–Kier alpha value is -2.45. The van der Waals surface area contributed by atoms with Crippen molar-refractivity contribution >= 4 is 79.9 Å². The minimum absolute atomic E-state index is 0.0427. The Labute approximate surface area is 195 Å². The molecule has 1 aliphatic rings. The van der Waals surface area contributed by atoms with Crippen LogP contribution in [0.2, 0.25) is 20.5 Å². The van der Waals surface area contributed by atoms with Crippen molar-refractivity contribution in [1.29, 1.82) is 10.5 Å². The van der Waals surface area contributed by atoms with Gasteiger partial charge >= 0.3 is 0 Å². The van der Waals surface area contributed by atoms with Gasteiger partial charge in [-0.2, -0.15) is 10.5 Å². The summed E-state index contributed by atoms with van der Waals surface area (Å²) in [5, 5.41) is 18.5. The molecule has 0 saturated heterocycles. The summed E-state index contributed by atoms with van der Waals surface area (Å²) in [7, 11) is 0. The largest absolute Gasteiger partial charge is 0.293 e. The van der Waals surface area contributed by atoms with Crippen LogP contribution in [0.3, 0.4) is 0 Å². The number of halogens is 5. The van der Waals surface area contributed by atoms with Crippen LogP contribution in [0, 0.1) is 22.7 Å². The highest BCUT2D eigenvalue weighted by atomic mass is 35.5. The quantitative estimate of drug-likeness (QED) is 0.364. The molecule has 11 heteroatoms. The van der Waals surface area contributed by atoms with E-state index in [9.17, 15) is 4.79 Å². The molecule has 4 rings (SSSR count). The van der Waals surface area contributed by atoms with E-state index in [-0.39, 0.29) is 43.7 Å². The number of Topliss-reactive ketones (excluding diaryl/α,β-unsaturated/α-hetero) is 1. The van der Waals surface area contributed by atoms with Gasteiger partial charge in [-0.15, -0.1) is 0 Å². The van der Waals surface area contributed by atoms with Crippen LogP contribution in [0.5, 0.6) is 0 Å². The number of hydrogen-bond acceptors (Lipinski definition) is 6. The summed E-state index contributed by atoms with van der Waals surface area (Å²) >= 11 is 29.0. The lowest BCUT2D eigenvalue weighted by Crippen LogP contribution is -2.14. The SMILES string of the molecule is N#CC1=C(Cl)c2nc(Cl)ccc2CC1=O.N#Cc1c(Cl)nc2ccc(Cl)nc2c1Cl. The van der Waals surface area contributed by atoms with Crippen molar-refractivity contribution in [2.45, 2.75) is 6.42 Å². The monoisotopic (exact) mass is 495 g/mol. The summed E-state index contributed by atoms with van der Waals surface area (Å²) in [6, 6.07) is 10.2. The van der Waals surface area contributed by atoms with Gasteiger partial charge in [-0.05, 0) is 23.8 Å². The van der Waals surface area contributed by atoms with Crippen molar-refractivity contribution in [3.05, 3.63) is 67.1 Å². The molecule has 0 atom stereocenters. The first kappa shape index (κ1) is 22.2. The number of fused-ring (bicyclic) bond motifs is 2. The number of hydrogen-bond donors (Lipinski definition) is 0. The fraction of sp³-hybridized carbons (Fsp3) is 0.0526. The first-order chi connectivity index (χ1) is 14.3. The van der Waals surface area contributed by atoms with Crippen LogP contribution < -0.4 is 0 Å². The van der Waals surface area contributed by atoms with E-state index in [1.165, 1.54) is 0 Å². The highest BCUT2D eigenvalue weighted by Gasteiger charge is 2.25. The molecule has 0 aromatic carbocycles. The fourth-order valence-corrected chi connectivity index (χ4v) is 3.71. The molecular formula is C19H6Cl5N5O. The zero-order valence-electron chi connectivity index (χ0n) is 14.6. The number of nitrogens with zero attached hydrogens (tertiary/aromatic N) is 5. The predicted octanol–water partition coefficient (Wildman–Crippen LogP) is 5.80. The van der Waals surface area contributed by atoms with E-state index < -0.39 is 0 Å². The van der Waals surface area contributed by atoms with E-state index in [1.807, 2.05) is 6.07 Å². The second-order valence-corrected chi connectivity index (χ2v) is 7.64. The van der Waals surface area contributed by atoms with Crippen LogP contribution in [0.15, 0.2) is 29.8 Å². The zero-order chi connectivity index (χ0) is 22.0. The first-order valence-corrected chi connectivity index (χ1v) is 9.86. The third kappa shape index (κ3) is 4.34.